The number of halogens is 3. The predicted molar refractivity (Wildman–Crippen MR) is 430 cm³/mol. The summed E-state index contributed by atoms with van der Waals surface area (Å²) in [7, 11) is 3.17. The summed E-state index contributed by atoms with van der Waals surface area (Å²) in [4.78, 5) is 74.8. The Bertz CT molecular complexity index is 5210. The number of hydrogen-bond donors (Lipinski definition) is 10. The molecule has 9 heterocycles. The molecular formula is C76H88F3N21O6S3. The van der Waals surface area contributed by atoms with Crippen LogP contribution in [0.25, 0.3) is 0 Å². The third-order valence-corrected chi connectivity index (χ3v) is 19.5. The number of carbonyl (C=O) groups is 3. The highest BCUT2D eigenvalue weighted by Crippen LogP contribution is 2.37. The molecule has 10 N–H and O–H groups in total. The number of nitrogens with zero attached hydrogens (tertiary/aromatic N) is 12. The highest BCUT2D eigenvalue weighted by molar-refractivity contribution is 7.99. The first-order chi connectivity index (χ1) is 52.6. The number of aromatic amines is 3. The molecule has 3 amide bonds. The number of aromatic nitrogens is 12. The van der Waals surface area contributed by atoms with E-state index in [1.165, 1.54) is 47.4 Å². The molecule has 6 aromatic heterocycles. The Kier molecular flexibility index (Phi) is 23.2. The maximum absolute atomic E-state index is 13.3. The van der Waals surface area contributed by atoms with Crippen molar-refractivity contribution >= 4 is 122 Å². The van der Waals surface area contributed by atoms with Crippen molar-refractivity contribution in [1.82, 2.24) is 60.5 Å². The van der Waals surface area contributed by atoms with E-state index in [0.29, 0.717) is 109 Å². The van der Waals surface area contributed by atoms with Gasteiger partial charge in [-0.2, -0.15) is 28.5 Å². The number of aryl methyl sites for hydroxylation is 3. The van der Waals surface area contributed by atoms with Crippen LogP contribution in [0.5, 0.6) is 11.5 Å². The summed E-state index contributed by atoms with van der Waals surface area (Å²) in [5, 5.41) is 51.3. The fraction of sp³-hybridized carbons (Fsp3) is 0.211. The van der Waals surface area contributed by atoms with Crippen LogP contribution in [-0.4, -0.2) is 142 Å². The fourth-order valence-corrected chi connectivity index (χ4v) is 13.4. The van der Waals surface area contributed by atoms with Crippen LogP contribution in [0.4, 0.5) is 82.6 Å². The third-order valence-electron chi connectivity index (χ3n) is 16.8. The number of rotatable bonds is 23. The normalized spacial score (nSPS) is 13.4. The lowest BCUT2D eigenvalue weighted by molar-refractivity contribution is -0.137. The average Bonchev–Trinajstić information content (AvgIpc) is 1.14. The monoisotopic (exact) mass is 1540 g/mol. The van der Waals surface area contributed by atoms with Gasteiger partial charge < -0.3 is 61.2 Å². The Morgan fingerprint density at radius 2 is 0.853 bits per heavy atom. The molecule has 12 aromatic rings. The maximum atomic E-state index is 13.3. The lowest BCUT2D eigenvalue weighted by Gasteiger charge is -2.45. The zero-order chi connectivity index (χ0) is 76.2. The van der Waals surface area contributed by atoms with Crippen molar-refractivity contribution in [1.29, 1.82) is 0 Å². The van der Waals surface area contributed by atoms with Gasteiger partial charge in [-0.15, -0.1) is 0 Å². The highest BCUT2D eigenvalue weighted by atomic mass is 32.2. The van der Waals surface area contributed by atoms with Gasteiger partial charge in [0, 0.05) is 146 Å². The molecule has 109 heavy (non-hydrogen) atoms. The van der Waals surface area contributed by atoms with Crippen molar-refractivity contribution in [2.24, 2.45) is 0 Å². The summed E-state index contributed by atoms with van der Waals surface area (Å²) in [5.74, 6) is 6.48. The first kappa shape index (κ1) is 75.0. The lowest BCUT2D eigenvalue weighted by Crippen LogP contribution is -2.60. The van der Waals surface area contributed by atoms with E-state index in [9.17, 15) is 32.7 Å². The van der Waals surface area contributed by atoms with Gasteiger partial charge in [-0.1, -0.05) is 18.2 Å². The molecule has 3 saturated heterocycles. The van der Waals surface area contributed by atoms with Gasteiger partial charge in [0.1, 0.15) is 46.4 Å². The van der Waals surface area contributed by atoms with Crippen LogP contribution in [-0.2, 0) is 6.18 Å². The smallest absolute Gasteiger partial charge is 0.417 e. The number of nitrogens with one attached hydrogen (secondary N) is 9. The van der Waals surface area contributed by atoms with Crippen LogP contribution in [0.3, 0.4) is 0 Å². The number of amides is 3. The minimum atomic E-state index is -4.64. The second-order valence-electron chi connectivity index (χ2n) is 25.6. The summed E-state index contributed by atoms with van der Waals surface area (Å²) in [6.07, 6.45) is -2.31. The van der Waals surface area contributed by atoms with E-state index >= 15 is 0 Å². The first-order valence-electron chi connectivity index (χ1n) is 34.3. The quantitative estimate of drug-likeness (QED) is 0.0266. The average molecular weight is 1540 g/mol. The molecule has 572 valence electrons. The molecule has 0 bridgehead atoms. The number of anilines is 12. The predicted octanol–water partition coefficient (Wildman–Crippen LogP) is 16.7. The standard InChI is InChI=1S/C26H24F3N7O2S.2C25H25N7O2S.7H2/c1-15-11-21(35-34-15)31-20-12-22(36-13-25(2,38)14-36)33-24(32-20)39-17-9-7-16(8-10-17)30-23(37)18-5-3-4-6-19(18)26(27,28)29;1-16-14-22(31-30-16)27-21-15-23(32-12-3-13-32)29-25(28-21)35-20-10-6-18(7-11-20)26-24(33)17-4-8-19(34-2)9-5-17;1-16-13-22(31-30-16)27-21-15-23(32-11-4-12-32)29-25(28-21)35-20-9-7-18(8-10-20)26-24(33)17-5-3-6-19(14-17)34-2;;;;;;;/h3-12,38H,13-14H2,1-2H3,(H,30,37)(H2,31,32,33,34,35);4-11,14-15H,3,12-13H2,1-2H3,(H,26,33)(H2,27,28,29,30,31);3,5-10,13-15H,4,11-12H2,1-2H3,(H,26,33)(H2,27,28,29,30,31);7*1H. The molecule has 3 fully saturated rings. The van der Waals surface area contributed by atoms with E-state index in [0.717, 1.165) is 94.6 Å². The van der Waals surface area contributed by atoms with E-state index in [-0.39, 0.29) is 21.8 Å². The largest absolute Gasteiger partial charge is 0.497 e. The summed E-state index contributed by atoms with van der Waals surface area (Å²) < 4.78 is 50.2. The third kappa shape index (κ3) is 20.3. The summed E-state index contributed by atoms with van der Waals surface area (Å²) in [6, 6.07) is 51.9. The second kappa shape index (κ2) is 33.7. The molecule has 0 saturated carbocycles. The van der Waals surface area contributed by atoms with Crippen molar-refractivity contribution in [3.63, 3.8) is 0 Å². The van der Waals surface area contributed by atoms with Crippen LogP contribution < -0.4 is 56.1 Å². The van der Waals surface area contributed by atoms with Crippen molar-refractivity contribution in [3.05, 3.63) is 221 Å². The molecule has 3 aliphatic heterocycles. The van der Waals surface area contributed by atoms with Gasteiger partial charge in [0.25, 0.3) is 17.7 Å². The molecule has 0 spiro atoms. The number of aliphatic hydroxyl groups is 1. The van der Waals surface area contributed by atoms with Gasteiger partial charge in [-0.3, -0.25) is 29.7 Å². The summed E-state index contributed by atoms with van der Waals surface area (Å²) >= 11 is 4.21. The minimum absolute atomic E-state index is 0. The van der Waals surface area contributed by atoms with Crippen LogP contribution in [0.1, 0.15) is 83.5 Å². The molecule has 33 heteroatoms. The van der Waals surface area contributed by atoms with E-state index in [1.54, 1.807) is 100 Å². The van der Waals surface area contributed by atoms with Gasteiger partial charge >= 0.3 is 6.18 Å². The molecule has 27 nitrogen and oxygen atoms in total. The van der Waals surface area contributed by atoms with Gasteiger partial charge in [-0.25, -0.2) is 29.9 Å². The van der Waals surface area contributed by atoms with E-state index in [4.69, 9.17) is 19.4 Å². The Balaban J connectivity index is 0.000000263. The number of H-pyrrole nitrogens is 3. The molecule has 3 aliphatic rings. The number of hydrogen-bond acceptors (Lipinski definition) is 24. The molecule has 15 rings (SSSR count). The Labute approximate surface area is 647 Å². The summed E-state index contributed by atoms with van der Waals surface area (Å²) in [6.45, 7) is 12.4. The van der Waals surface area contributed by atoms with Gasteiger partial charge in [-0.05, 0) is 203 Å². The zero-order valence-corrected chi connectivity index (χ0v) is 62.1. The number of carbonyl (C=O) groups excluding carboxylic acids is 3. The van der Waals surface area contributed by atoms with Crippen LogP contribution in [0.15, 0.2) is 212 Å². The topological polar surface area (TPSA) is 335 Å². The SMILES string of the molecule is COc1ccc(C(=O)Nc2ccc(Sc3nc(Nc4cc(C)[nH]n4)cc(N4CCC4)n3)cc2)cc1.COc1cccc(C(=O)Nc2ccc(Sc3nc(Nc4cc(C)[nH]n4)cc(N4CCC4)n3)cc2)c1.Cc1cc(Nc2cc(N3CC(C)(O)C3)nc(Sc3ccc(NC(=O)c4ccccc4C(F)(F)F)cc3)n2)n[nH]1.[HH].[HH].[HH].[HH].[HH].[HH].[HH]. The van der Waals surface area contributed by atoms with Crippen LogP contribution >= 0.6 is 35.3 Å². The molecular weight excluding hydrogens is 1460 g/mol. The minimum Gasteiger partial charge on any atom is -0.497 e. The Morgan fingerprint density at radius 1 is 0.459 bits per heavy atom. The number of alkyl halides is 3. The van der Waals surface area contributed by atoms with Gasteiger partial charge in [0.2, 0.25) is 0 Å². The Hall–Kier alpha value is -12.2. The number of methoxy groups -OCH3 is 2. The summed E-state index contributed by atoms with van der Waals surface area (Å²) in [5.41, 5.74) is 3.44. The molecule has 0 atom stereocenters. The maximum Gasteiger partial charge on any atom is 0.417 e. The van der Waals surface area contributed by atoms with Crippen molar-refractivity contribution in [2.45, 2.75) is 82.5 Å². The molecule has 0 aliphatic carbocycles. The van der Waals surface area contributed by atoms with Crippen LogP contribution in [0, 0.1) is 20.8 Å². The lowest BCUT2D eigenvalue weighted by atomic mass is 9.97. The molecule has 0 unspecified atom stereocenters. The van der Waals surface area contributed by atoms with Crippen molar-refractivity contribution in [2.75, 3.05) is 100 Å². The number of ether oxygens (including phenoxy) is 2. The van der Waals surface area contributed by atoms with Gasteiger partial charge in [0.15, 0.2) is 32.9 Å². The first-order valence-corrected chi connectivity index (χ1v) is 36.8. The van der Waals surface area contributed by atoms with Crippen LogP contribution in [0.2, 0.25) is 0 Å². The van der Waals surface area contributed by atoms with Gasteiger partial charge in [0.05, 0.1) is 30.9 Å². The van der Waals surface area contributed by atoms with E-state index in [2.05, 4.69) is 92.2 Å². The second-order valence-corrected chi connectivity index (χ2v) is 28.8. The van der Waals surface area contributed by atoms with E-state index in [1.807, 2.05) is 105 Å². The molecule has 6 aromatic carbocycles. The number of benzene rings is 6. The Morgan fingerprint density at radius 3 is 1.22 bits per heavy atom. The van der Waals surface area contributed by atoms with Crippen molar-refractivity contribution < 1.29 is 52.1 Å². The fourth-order valence-electron chi connectivity index (χ4n) is 11.1. The van der Waals surface area contributed by atoms with Crippen molar-refractivity contribution in [3.8, 4) is 11.5 Å². The zero-order valence-electron chi connectivity index (χ0n) is 59.7. The molecule has 0 radical (unpaired) electrons. The highest BCUT2D eigenvalue weighted by Gasteiger charge is 2.38. The van der Waals surface area contributed by atoms with E-state index < -0.39 is 28.8 Å². The number of β-amino-alcohol motifs (C(OH)–C–C–N with tert-alkyl or cyclic N) is 1.